The van der Waals surface area contributed by atoms with Crippen molar-refractivity contribution in [1.82, 2.24) is 4.90 Å². The van der Waals surface area contributed by atoms with Crippen LogP contribution in [0.1, 0.15) is 59.9 Å². The maximum Gasteiger partial charge on any atom is 0.223 e. The number of nitrogens with zero attached hydrogens (tertiary/aromatic N) is 1. The van der Waals surface area contributed by atoms with Gasteiger partial charge in [0.2, 0.25) is 5.91 Å². The van der Waals surface area contributed by atoms with E-state index in [1.54, 1.807) is 0 Å². The molecule has 0 radical (unpaired) electrons. The molecule has 154 valence electrons. The topological polar surface area (TPSA) is 20.3 Å². The van der Waals surface area contributed by atoms with Gasteiger partial charge < -0.3 is 4.90 Å². The standard InChI is InChI=1S/C28H31NO/c1-19(2)23-12-11-21(4)27(15-23)26-13-10-20(3)14-25(26)18-29-17-24(16-28(29)30)22-8-6-5-7-9-22/h5-15,19,24H,16-18H2,1-4H3. The first-order valence-corrected chi connectivity index (χ1v) is 11.0. The molecule has 0 aliphatic carbocycles. The fourth-order valence-electron chi connectivity index (χ4n) is 4.48. The van der Waals surface area contributed by atoms with Crippen molar-refractivity contribution in [3.63, 3.8) is 0 Å². The molecule has 0 spiro atoms. The molecular formula is C28H31NO. The van der Waals surface area contributed by atoms with Crippen LogP contribution in [-0.2, 0) is 11.3 Å². The molecule has 3 aromatic carbocycles. The van der Waals surface area contributed by atoms with Gasteiger partial charge in [-0.05, 0) is 53.1 Å². The van der Waals surface area contributed by atoms with E-state index in [1.807, 2.05) is 11.0 Å². The highest BCUT2D eigenvalue weighted by molar-refractivity contribution is 5.80. The van der Waals surface area contributed by atoms with Gasteiger partial charge in [-0.1, -0.05) is 86.1 Å². The highest BCUT2D eigenvalue weighted by atomic mass is 16.2. The zero-order valence-corrected chi connectivity index (χ0v) is 18.5. The van der Waals surface area contributed by atoms with Crippen LogP contribution >= 0.6 is 0 Å². The summed E-state index contributed by atoms with van der Waals surface area (Å²) in [5.74, 6) is 1.03. The average Bonchev–Trinajstić information content (AvgIpc) is 3.10. The first-order chi connectivity index (χ1) is 14.4. The van der Waals surface area contributed by atoms with E-state index in [0.29, 0.717) is 18.9 Å². The number of hydrogen-bond acceptors (Lipinski definition) is 1. The molecule has 30 heavy (non-hydrogen) atoms. The Hall–Kier alpha value is -2.87. The van der Waals surface area contributed by atoms with Crippen LogP contribution in [0.4, 0.5) is 0 Å². The minimum absolute atomic E-state index is 0.254. The van der Waals surface area contributed by atoms with E-state index < -0.39 is 0 Å². The number of carbonyl (C=O) groups excluding carboxylic acids is 1. The van der Waals surface area contributed by atoms with Gasteiger partial charge in [-0.25, -0.2) is 0 Å². The molecule has 1 atom stereocenters. The Morgan fingerprint density at radius 1 is 0.933 bits per heavy atom. The molecule has 1 fully saturated rings. The summed E-state index contributed by atoms with van der Waals surface area (Å²) in [5, 5.41) is 0. The Labute approximate surface area is 180 Å². The second-order valence-corrected chi connectivity index (χ2v) is 8.98. The van der Waals surface area contributed by atoms with E-state index in [1.165, 1.54) is 38.9 Å². The maximum absolute atomic E-state index is 12.8. The van der Waals surface area contributed by atoms with Crippen LogP contribution in [0.25, 0.3) is 11.1 Å². The summed E-state index contributed by atoms with van der Waals surface area (Å²) >= 11 is 0. The van der Waals surface area contributed by atoms with Gasteiger partial charge in [-0.15, -0.1) is 0 Å². The van der Waals surface area contributed by atoms with E-state index in [-0.39, 0.29) is 11.8 Å². The highest BCUT2D eigenvalue weighted by Crippen LogP contribution is 2.34. The summed E-state index contributed by atoms with van der Waals surface area (Å²) in [7, 11) is 0. The number of benzene rings is 3. The number of amides is 1. The monoisotopic (exact) mass is 397 g/mol. The van der Waals surface area contributed by atoms with Crippen LogP contribution in [0.2, 0.25) is 0 Å². The summed E-state index contributed by atoms with van der Waals surface area (Å²) in [4.78, 5) is 14.9. The van der Waals surface area contributed by atoms with E-state index in [2.05, 4.69) is 88.4 Å². The zero-order chi connectivity index (χ0) is 21.3. The molecule has 2 nitrogen and oxygen atoms in total. The lowest BCUT2D eigenvalue weighted by molar-refractivity contribution is -0.128. The SMILES string of the molecule is Cc1ccc(-c2cc(C(C)C)ccc2C)c(CN2CC(c3ccccc3)CC2=O)c1. The molecule has 1 amide bonds. The van der Waals surface area contributed by atoms with Crippen LogP contribution in [0.5, 0.6) is 0 Å². The van der Waals surface area contributed by atoms with Gasteiger partial charge in [0.25, 0.3) is 0 Å². The van der Waals surface area contributed by atoms with Gasteiger partial charge in [0.1, 0.15) is 0 Å². The van der Waals surface area contributed by atoms with E-state index in [0.717, 1.165) is 6.54 Å². The molecule has 0 bridgehead atoms. The van der Waals surface area contributed by atoms with Crippen LogP contribution in [0, 0.1) is 13.8 Å². The summed E-state index contributed by atoms with van der Waals surface area (Å²) in [6.45, 7) is 10.2. The van der Waals surface area contributed by atoms with Crippen molar-refractivity contribution >= 4 is 5.91 Å². The van der Waals surface area contributed by atoms with Crippen LogP contribution in [0.3, 0.4) is 0 Å². The molecular weight excluding hydrogens is 366 g/mol. The zero-order valence-electron chi connectivity index (χ0n) is 18.5. The van der Waals surface area contributed by atoms with Gasteiger partial charge in [-0.3, -0.25) is 4.79 Å². The first kappa shape index (κ1) is 20.4. The number of likely N-dealkylation sites (tertiary alicyclic amines) is 1. The molecule has 0 saturated carbocycles. The van der Waals surface area contributed by atoms with Crippen molar-refractivity contribution in [2.24, 2.45) is 0 Å². The van der Waals surface area contributed by atoms with Crippen molar-refractivity contribution in [2.75, 3.05) is 6.54 Å². The second-order valence-electron chi connectivity index (χ2n) is 8.98. The lowest BCUT2D eigenvalue weighted by Crippen LogP contribution is -2.24. The fourth-order valence-corrected chi connectivity index (χ4v) is 4.48. The van der Waals surface area contributed by atoms with Gasteiger partial charge >= 0.3 is 0 Å². The predicted molar refractivity (Wildman–Crippen MR) is 125 cm³/mol. The Bertz CT molecular complexity index is 1050. The third-order valence-electron chi connectivity index (χ3n) is 6.33. The summed E-state index contributed by atoms with van der Waals surface area (Å²) < 4.78 is 0. The molecule has 4 rings (SSSR count). The summed E-state index contributed by atoms with van der Waals surface area (Å²) in [5.41, 5.74) is 8.89. The maximum atomic E-state index is 12.8. The van der Waals surface area contributed by atoms with E-state index in [4.69, 9.17) is 0 Å². The molecule has 0 aromatic heterocycles. The fraction of sp³-hybridized carbons (Fsp3) is 0.321. The highest BCUT2D eigenvalue weighted by Gasteiger charge is 2.31. The third kappa shape index (κ3) is 4.18. The molecule has 1 aliphatic rings. The van der Waals surface area contributed by atoms with Crippen molar-refractivity contribution in [2.45, 2.75) is 52.5 Å². The van der Waals surface area contributed by atoms with Gasteiger partial charge in [0.15, 0.2) is 0 Å². The number of carbonyl (C=O) groups is 1. The molecule has 2 heteroatoms. The quantitative estimate of drug-likeness (QED) is 0.474. The van der Waals surface area contributed by atoms with Gasteiger partial charge in [0.05, 0.1) is 0 Å². The van der Waals surface area contributed by atoms with E-state index >= 15 is 0 Å². The Morgan fingerprint density at radius 2 is 1.70 bits per heavy atom. The Morgan fingerprint density at radius 3 is 2.43 bits per heavy atom. The van der Waals surface area contributed by atoms with Crippen molar-refractivity contribution < 1.29 is 4.79 Å². The summed E-state index contributed by atoms with van der Waals surface area (Å²) in [6, 6.07) is 23.9. The van der Waals surface area contributed by atoms with E-state index in [9.17, 15) is 4.79 Å². The Balaban J connectivity index is 1.65. The van der Waals surface area contributed by atoms with Crippen LogP contribution in [0.15, 0.2) is 66.7 Å². The minimum atomic E-state index is 0.254. The van der Waals surface area contributed by atoms with Crippen LogP contribution in [-0.4, -0.2) is 17.4 Å². The molecule has 3 aromatic rings. The number of aryl methyl sites for hydroxylation is 2. The van der Waals surface area contributed by atoms with Crippen LogP contribution < -0.4 is 0 Å². The van der Waals surface area contributed by atoms with Crippen molar-refractivity contribution in [1.29, 1.82) is 0 Å². The molecule has 1 aliphatic heterocycles. The van der Waals surface area contributed by atoms with Gasteiger partial charge in [0, 0.05) is 25.4 Å². The molecule has 1 unspecified atom stereocenters. The largest absolute Gasteiger partial charge is 0.338 e. The number of rotatable bonds is 5. The molecule has 1 saturated heterocycles. The van der Waals surface area contributed by atoms with Crippen molar-refractivity contribution in [3.8, 4) is 11.1 Å². The smallest absolute Gasteiger partial charge is 0.223 e. The van der Waals surface area contributed by atoms with Gasteiger partial charge in [-0.2, -0.15) is 0 Å². The summed E-state index contributed by atoms with van der Waals surface area (Å²) in [6.07, 6.45) is 0.604. The minimum Gasteiger partial charge on any atom is -0.338 e. The predicted octanol–water partition coefficient (Wildman–Crippen LogP) is 6.61. The molecule has 1 heterocycles. The molecule has 0 N–H and O–H groups in total. The third-order valence-corrected chi connectivity index (χ3v) is 6.33. The van der Waals surface area contributed by atoms with Crippen molar-refractivity contribution in [3.05, 3.63) is 94.5 Å². The average molecular weight is 398 g/mol. The first-order valence-electron chi connectivity index (χ1n) is 11.0. The lowest BCUT2D eigenvalue weighted by Gasteiger charge is -2.21. The lowest BCUT2D eigenvalue weighted by atomic mass is 9.90. The second kappa shape index (κ2) is 8.47. The number of hydrogen-bond donors (Lipinski definition) is 0. The Kier molecular flexibility index (Phi) is 5.76. The normalized spacial score (nSPS) is 16.5.